The van der Waals surface area contributed by atoms with Crippen molar-refractivity contribution in [3.63, 3.8) is 0 Å². The minimum atomic E-state index is -4.46. The van der Waals surface area contributed by atoms with Gasteiger partial charge >= 0.3 is 6.18 Å². The Balaban J connectivity index is 1.46. The number of rotatable bonds is 4. The molecule has 1 N–H and O–H groups in total. The van der Waals surface area contributed by atoms with Crippen LogP contribution < -0.4 is 5.32 Å². The predicted molar refractivity (Wildman–Crippen MR) is 95.7 cm³/mol. The van der Waals surface area contributed by atoms with Gasteiger partial charge in [-0.2, -0.15) is 18.3 Å². The number of hydrogen-bond donors (Lipinski definition) is 1. The van der Waals surface area contributed by atoms with Gasteiger partial charge in [-0.3, -0.25) is 14.5 Å². The summed E-state index contributed by atoms with van der Waals surface area (Å²) < 4.78 is 41.1. The van der Waals surface area contributed by atoms with E-state index in [0.717, 1.165) is 12.8 Å². The highest BCUT2D eigenvalue weighted by atomic mass is 19.4. The molecule has 4 rings (SSSR count). The van der Waals surface area contributed by atoms with Gasteiger partial charge in [-0.25, -0.2) is 4.98 Å². The average molecular weight is 389 g/mol. The van der Waals surface area contributed by atoms with Crippen LogP contribution in [-0.4, -0.2) is 32.2 Å². The molecular formula is C19H18F3N5O. The molecule has 3 aromatic rings. The Morgan fingerprint density at radius 2 is 1.89 bits per heavy atom. The number of hydrogen-bond acceptors (Lipinski definition) is 4. The minimum absolute atomic E-state index is 0.152. The number of carbonyl (C=O) groups excluding carboxylic acids is 1. The molecule has 2 heterocycles. The molecule has 1 amide bonds. The lowest BCUT2D eigenvalue weighted by molar-refractivity contribution is -0.142. The predicted octanol–water partition coefficient (Wildman–Crippen LogP) is 3.15. The largest absolute Gasteiger partial charge is 0.435 e. The van der Waals surface area contributed by atoms with Gasteiger partial charge in [-0.1, -0.05) is 12.1 Å². The molecular weight excluding hydrogens is 371 g/mol. The molecule has 0 saturated carbocycles. The van der Waals surface area contributed by atoms with Crippen LogP contribution in [0.3, 0.4) is 0 Å². The molecule has 0 bridgehead atoms. The monoisotopic (exact) mass is 389 g/mol. The van der Waals surface area contributed by atoms with Gasteiger partial charge in [0.2, 0.25) is 0 Å². The summed E-state index contributed by atoms with van der Waals surface area (Å²) in [6.07, 6.45) is -0.536. The molecule has 0 aliphatic heterocycles. The van der Waals surface area contributed by atoms with Crippen molar-refractivity contribution in [2.45, 2.75) is 38.4 Å². The van der Waals surface area contributed by atoms with Gasteiger partial charge < -0.3 is 5.32 Å². The van der Waals surface area contributed by atoms with Gasteiger partial charge in [0, 0.05) is 17.8 Å². The van der Waals surface area contributed by atoms with Crippen molar-refractivity contribution >= 4 is 16.9 Å². The number of alkyl halides is 3. The lowest BCUT2D eigenvalue weighted by atomic mass is 9.95. The van der Waals surface area contributed by atoms with E-state index in [1.54, 1.807) is 18.2 Å². The van der Waals surface area contributed by atoms with E-state index < -0.39 is 17.8 Å². The first-order valence-electron chi connectivity index (χ1n) is 9.09. The number of benzene rings is 1. The van der Waals surface area contributed by atoms with Gasteiger partial charge in [-0.15, -0.1) is 0 Å². The summed E-state index contributed by atoms with van der Waals surface area (Å²) in [4.78, 5) is 20.8. The molecule has 6 nitrogen and oxygen atoms in total. The molecule has 2 aromatic heterocycles. The van der Waals surface area contributed by atoms with E-state index >= 15 is 0 Å². The van der Waals surface area contributed by atoms with Crippen LogP contribution in [0.1, 0.15) is 40.3 Å². The Hall–Kier alpha value is -2.97. The van der Waals surface area contributed by atoms with E-state index in [0.29, 0.717) is 35.1 Å². The second-order valence-corrected chi connectivity index (χ2v) is 6.70. The molecule has 0 unspecified atom stereocenters. The number of halogens is 3. The van der Waals surface area contributed by atoms with Gasteiger partial charge in [0.05, 0.1) is 23.8 Å². The van der Waals surface area contributed by atoms with Crippen molar-refractivity contribution in [1.29, 1.82) is 0 Å². The molecule has 0 atom stereocenters. The molecule has 0 spiro atoms. The Morgan fingerprint density at radius 1 is 1.14 bits per heavy atom. The second-order valence-electron chi connectivity index (χ2n) is 6.70. The van der Waals surface area contributed by atoms with Crippen LogP contribution >= 0.6 is 0 Å². The third-order valence-electron chi connectivity index (χ3n) is 4.82. The number of amides is 1. The number of fused-ring (bicyclic) bond motifs is 2. The summed E-state index contributed by atoms with van der Waals surface area (Å²) in [6, 6.07) is 7.19. The second kappa shape index (κ2) is 7.21. The molecule has 9 heteroatoms. The van der Waals surface area contributed by atoms with Crippen molar-refractivity contribution in [2.24, 2.45) is 0 Å². The first-order chi connectivity index (χ1) is 13.4. The number of nitrogens with one attached hydrogen (secondary N) is 1. The van der Waals surface area contributed by atoms with Crippen molar-refractivity contribution in [3.05, 3.63) is 53.1 Å². The molecule has 1 aromatic carbocycles. The summed E-state index contributed by atoms with van der Waals surface area (Å²) in [6.45, 7) is 0.323. The van der Waals surface area contributed by atoms with Gasteiger partial charge in [0.1, 0.15) is 5.69 Å². The first-order valence-corrected chi connectivity index (χ1v) is 9.09. The maximum atomic E-state index is 13.2. The van der Waals surface area contributed by atoms with E-state index in [2.05, 4.69) is 20.4 Å². The Labute approximate surface area is 158 Å². The van der Waals surface area contributed by atoms with Crippen LogP contribution in [0.15, 0.2) is 30.5 Å². The first kappa shape index (κ1) is 18.4. The Morgan fingerprint density at radius 3 is 2.68 bits per heavy atom. The Bertz CT molecular complexity index is 1030. The molecule has 1 aliphatic carbocycles. The van der Waals surface area contributed by atoms with Gasteiger partial charge in [-0.05, 0) is 37.8 Å². The molecule has 1 aliphatic rings. The summed E-state index contributed by atoms with van der Waals surface area (Å²) in [5.74, 6) is -0.421. The number of nitrogens with zero attached hydrogens (tertiary/aromatic N) is 4. The van der Waals surface area contributed by atoms with Crippen LogP contribution in [0.5, 0.6) is 0 Å². The Kier molecular flexibility index (Phi) is 4.74. The zero-order valence-corrected chi connectivity index (χ0v) is 15.0. The average Bonchev–Trinajstić information content (AvgIpc) is 3.07. The van der Waals surface area contributed by atoms with E-state index in [-0.39, 0.29) is 18.8 Å². The summed E-state index contributed by atoms with van der Waals surface area (Å²) in [7, 11) is 0. The summed E-state index contributed by atoms with van der Waals surface area (Å²) in [5.41, 5.74) is 1.57. The fraction of sp³-hybridized carbons (Fsp3) is 0.368. The van der Waals surface area contributed by atoms with E-state index in [1.165, 1.54) is 10.9 Å². The van der Waals surface area contributed by atoms with Crippen molar-refractivity contribution in [2.75, 3.05) is 6.54 Å². The minimum Gasteiger partial charge on any atom is -0.349 e. The maximum Gasteiger partial charge on any atom is 0.435 e. The lowest BCUT2D eigenvalue weighted by Gasteiger charge is -2.14. The number of carbonyl (C=O) groups is 1. The highest BCUT2D eigenvalue weighted by molar-refractivity contribution is 5.93. The van der Waals surface area contributed by atoms with E-state index in [1.807, 2.05) is 6.07 Å². The van der Waals surface area contributed by atoms with Crippen LogP contribution in [0, 0.1) is 0 Å². The van der Waals surface area contributed by atoms with Crippen LogP contribution in [0.2, 0.25) is 0 Å². The van der Waals surface area contributed by atoms with Crippen molar-refractivity contribution in [1.82, 2.24) is 25.1 Å². The van der Waals surface area contributed by atoms with E-state index in [4.69, 9.17) is 0 Å². The highest BCUT2D eigenvalue weighted by Gasteiger charge is 2.39. The third-order valence-corrected chi connectivity index (χ3v) is 4.82. The zero-order chi connectivity index (χ0) is 19.7. The summed E-state index contributed by atoms with van der Waals surface area (Å²) in [5, 5.41) is 6.47. The van der Waals surface area contributed by atoms with Crippen molar-refractivity contribution in [3.8, 4) is 0 Å². The highest BCUT2D eigenvalue weighted by Crippen LogP contribution is 2.35. The third kappa shape index (κ3) is 3.56. The van der Waals surface area contributed by atoms with E-state index in [9.17, 15) is 18.0 Å². The molecule has 28 heavy (non-hydrogen) atoms. The normalized spacial score (nSPS) is 14.1. The summed E-state index contributed by atoms with van der Waals surface area (Å²) >= 11 is 0. The lowest BCUT2D eigenvalue weighted by Crippen LogP contribution is -2.29. The van der Waals surface area contributed by atoms with Crippen molar-refractivity contribution < 1.29 is 18.0 Å². The zero-order valence-electron chi connectivity index (χ0n) is 15.0. The molecule has 0 radical (unpaired) electrons. The molecule has 0 saturated heterocycles. The van der Waals surface area contributed by atoms with Crippen LogP contribution in [-0.2, 0) is 25.6 Å². The quantitative estimate of drug-likeness (QED) is 0.744. The molecule has 0 fully saturated rings. The number of para-hydroxylation sites is 2. The fourth-order valence-electron chi connectivity index (χ4n) is 3.52. The van der Waals surface area contributed by atoms with Gasteiger partial charge in [0.15, 0.2) is 5.69 Å². The van der Waals surface area contributed by atoms with Gasteiger partial charge in [0.25, 0.3) is 5.91 Å². The van der Waals surface area contributed by atoms with Crippen LogP contribution in [0.25, 0.3) is 11.0 Å². The molecule has 146 valence electrons. The fourth-order valence-corrected chi connectivity index (χ4v) is 3.52. The standard InChI is InChI=1S/C19H18F3N5O/c20-19(21,22)17-12-5-1-4-8-16(12)27(26-17)10-9-23-18(28)15-11-24-13-6-2-3-7-14(13)25-15/h2-3,6-7,11H,1,4-5,8-10H2,(H,23,28). The topological polar surface area (TPSA) is 72.7 Å². The smallest absolute Gasteiger partial charge is 0.349 e. The number of aromatic nitrogens is 4. The van der Waals surface area contributed by atoms with Crippen LogP contribution in [0.4, 0.5) is 13.2 Å². The SMILES string of the molecule is O=C(NCCn1nc(C(F)(F)F)c2c1CCCC2)c1cnc2ccccc2n1. The maximum absolute atomic E-state index is 13.2.